The molecule has 3 unspecified atom stereocenters. The fraction of sp³-hybridized carbons (Fsp3) is 0.385. The van der Waals surface area contributed by atoms with Gasteiger partial charge in [-0.3, -0.25) is 4.79 Å². The van der Waals surface area contributed by atoms with E-state index in [2.05, 4.69) is 20.4 Å². The van der Waals surface area contributed by atoms with Gasteiger partial charge in [0.05, 0.1) is 11.5 Å². The smallest absolute Gasteiger partial charge is 0.233 e. The van der Waals surface area contributed by atoms with Crippen molar-refractivity contribution in [2.45, 2.75) is 58.7 Å². The normalized spacial score (nSPS) is 22.6. The Kier molecular flexibility index (Phi) is 6.46. The highest BCUT2D eigenvalue weighted by Crippen LogP contribution is 2.43. The number of carbonyl (C=O) groups excluding carboxylic acids is 1. The molecule has 0 bridgehead atoms. The lowest BCUT2D eigenvalue weighted by atomic mass is 9.75. The molecule has 1 fully saturated rings. The summed E-state index contributed by atoms with van der Waals surface area (Å²) in [4.78, 5) is 19.0. The van der Waals surface area contributed by atoms with Crippen molar-refractivity contribution in [3.05, 3.63) is 59.5 Å². The number of imidazole rings is 1. The minimum Gasteiger partial charge on any atom is -0.389 e. The third kappa shape index (κ3) is 5.09. The van der Waals surface area contributed by atoms with E-state index < -0.39 is 11.8 Å². The largest absolute Gasteiger partial charge is 0.389 e. The Morgan fingerprint density at radius 1 is 1.31 bits per heavy atom. The monoisotopic (exact) mass is 479 g/mol. The molecule has 0 saturated heterocycles. The molecule has 35 heavy (non-hydrogen) atoms. The minimum absolute atomic E-state index is 0.251. The van der Waals surface area contributed by atoms with Crippen LogP contribution >= 0.6 is 0 Å². The molecule has 2 aliphatic rings. The lowest BCUT2D eigenvalue weighted by molar-refractivity contribution is -0.105. The van der Waals surface area contributed by atoms with Crippen molar-refractivity contribution in [2.24, 2.45) is 5.41 Å². The van der Waals surface area contributed by atoms with Crippen LogP contribution in [0.25, 0.3) is 23.7 Å². The molecule has 3 heterocycles. The molecule has 3 aromatic rings. The van der Waals surface area contributed by atoms with Gasteiger partial charge >= 0.3 is 0 Å². The highest BCUT2D eigenvalue weighted by molar-refractivity contribution is 5.76. The van der Waals surface area contributed by atoms with Crippen LogP contribution in [0, 0.1) is 19.3 Å². The predicted octanol–water partition coefficient (Wildman–Crippen LogP) is 4.90. The highest BCUT2D eigenvalue weighted by atomic mass is 19.1. The second-order valence-electron chi connectivity index (χ2n) is 9.72. The molecule has 1 aliphatic carbocycles. The highest BCUT2D eigenvalue weighted by Gasteiger charge is 2.43. The number of carbonyl (C=O) groups is 1. The first-order chi connectivity index (χ1) is 16.5. The molecule has 1 amide bonds. The van der Waals surface area contributed by atoms with Crippen LogP contribution in [-0.2, 0) is 4.79 Å². The topological polar surface area (TPSA) is 106 Å². The van der Waals surface area contributed by atoms with Crippen molar-refractivity contribution in [3.8, 4) is 11.4 Å². The zero-order chi connectivity index (χ0) is 25.4. The van der Waals surface area contributed by atoms with E-state index in [0.29, 0.717) is 30.2 Å². The van der Waals surface area contributed by atoms with Crippen LogP contribution in [-0.4, -0.2) is 43.0 Å². The standard InChI is InChI=1S/C13H12FN3O2.C13H18N2O/c1-7-2-3-8(4-11(7)15-6-18)12-16-13(19-17-12)9-5-10(9)14;1-10-9-14-11-5-6-13(4,12(2,3)16)7-8-15(10)11/h2-4,6,9-10H,5H2,1H3,(H,15,18);5-9,16H,1-4H3. The summed E-state index contributed by atoms with van der Waals surface area (Å²) in [6.45, 7) is 9.56. The maximum Gasteiger partial charge on any atom is 0.233 e. The summed E-state index contributed by atoms with van der Waals surface area (Å²) in [6.07, 6.45) is 10.0. The van der Waals surface area contributed by atoms with Crippen molar-refractivity contribution in [2.75, 3.05) is 5.32 Å². The van der Waals surface area contributed by atoms with Gasteiger partial charge in [-0.25, -0.2) is 9.37 Å². The van der Waals surface area contributed by atoms with E-state index in [9.17, 15) is 14.3 Å². The van der Waals surface area contributed by atoms with Crippen molar-refractivity contribution < 1.29 is 18.8 Å². The fourth-order valence-electron chi connectivity index (χ4n) is 3.63. The van der Waals surface area contributed by atoms with Crippen LogP contribution in [0.15, 0.2) is 41.1 Å². The number of hydrogen-bond acceptors (Lipinski definition) is 6. The SMILES string of the molecule is Cc1ccc(-c2noc(C3CC3F)n2)cc1NC=O.Cc1cnc2n1C=CC(C)(C(C)(C)O)C=C2. The van der Waals surface area contributed by atoms with Crippen LogP contribution in [0.3, 0.4) is 0 Å². The molecular weight excluding hydrogens is 449 g/mol. The van der Waals surface area contributed by atoms with Gasteiger partial charge in [0.1, 0.15) is 12.0 Å². The number of aliphatic hydroxyl groups is 1. The van der Waals surface area contributed by atoms with Gasteiger partial charge in [-0.1, -0.05) is 29.4 Å². The second kappa shape index (κ2) is 9.22. The fourth-order valence-corrected chi connectivity index (χ4v) is 3.63. The number of aryl methyl sites for hydroxylation is 2. The van der Waals surface area contributed by atoms with Gasteiger partial charge in [0, 0.05) is 34.8 Å². The number of amides is 1. The number of rotatable bonds is 5. The van der Waals surface area contributed by atoms with Gasteiger partial charge in [0.25, 0.3) is 0 Å². The van der Waals surface area contributed by atoms with Crippen LogP contribution in [0.5, 0.6) is 0 Å². The number of halogens is 1. The number of nitrogens with zero attached hydrogens (tertiary/aromatic N) is 4. The summed E-state index contributed by atoms with van der Waals surface area (Å²) in [5, 5.41) is 16.6. The summed E-state index contributed by atoms with van der Waals surface area (Å²) >= 11 is 0. The Balaban J connectivity index is 0.000000168. The van der Waals surface area contributed by atoms with E-state index in [1.807, 2.05) is 81.9 Å². The van der Waals surface area contributed by atoms with Gasteiger partial charge in [0.2, 0.25) is 18.1 Å². The van der Waals surface area contributed by atoms with Gasteiger partial charge in [-0.05, 0) is 58.7 Å². The Morgan fingerprint density at radius 2 is 2.06 bits per heavy atom. The predicted molar refractivity (Wildman–Crippen MR) is 132 cm³/mol. The summed E-state index contributed by atoms with van der Waals surface area (Å²) in [5.74, 6) is 1.40. The first-order valence-electron chi connectivity index (χ1n) is 11.5. The molecule has 3 atom stereocenters. The lowest BCUT2D eigenvalue weighted by Crippen LogP contribution is -2.37. The zero-order valence-corrected chi connectivity index (χ0v) is 20.5. The molecule has 8 nitrogen and oxygen atoms in total. The van der Waals surface area contributed by atoms with Crippen LogP contribution in [0.4, 0.5) is 10.1 Å². The molecule has 1 saturated carbocycles. The average molecular weight is 480 g/mol. The molecule has 1 aromatic carbocycles. The first kappa shape index (κ1) is 24.5. The Morgan fingerprint density at radius 3 is 2.71 bits per heavy atom. The van der Waals surface area contributed by atoms with E-state index in [-0.39, 0.29) is 11.3 Å². The maximum absolute atomic E-state index is 12.9. The molecule has 1 aliphatic heterocycles. The van der Waals surface area contributed by atoms with Gasteiger partial charge in [-0.15, -0.1) is 0 Å². The molecular formula is C26H30FN5O3. The quantitative estimate of drug-likeness (QED) is 0.504. The Bertz CT molecular complexity index is 1290. The number of anilines is 1. The summed E-state index contributed by atoms with van der Waals surface area (Å²) in [5.41, 5.74) is 2.27. The van der Waals surface area contributed by atoms with E-state index in [4.69, 9.17) is 4.52 Å². The third-order valence-electron chi connectivity index (χ3n) is 6.66. The number of benzene rings is 1. The van der Waals surface area contributed by atoms with Gasteiger partial charge in [0.15, 0.2) is 0 Å². The van der Waals surface area contributed by atoms with E-state index in [1.165, 1.54) is 0 Å². The molecule has 9 heteroatoms. The van der Waals surface area contributed by atoms with Crippen LogP contribution < -0.4 is 5.32 Å². The number of fused-ring (bicyclic) bond motifs is 1. The van der Waals surface area contributed by atoms with Crippen LogP contribution in [0.2, 0.25) is 0 Å². The first-order valence-corrected chi connectivity index (χ1v) is 11.5. The zero-order valence-electron chi connectivity index (χ0n) is 20.5. The number of aromatic nitrogens is 4. The summed E-state index contributed by atoms with van der Waals surface area (Å²) in [7, 11) is 0. The average Bonchev–Trinajstić information content (AvgIpc) is 3.22. The maximum atomic E-state index is 12.9. The van der Waals surface area contributed by atoms with E-state index in [1.54, 1.807) is 6.07 Å². The minimum atomic E-state index is -0.862. The molecule has 2 N–H and O–H groups in total. The second-order valence-corrected chi connectivity index (χ2v) is 9.72. The molecule has 0 radical (unpaired) electrons. The van der Waals surface area contributed by atoms with Gasteiger partial charge < -0.3 is 19.5 Å². The van der Waals surface area contributed by atoms with Crippen molar-refractivity contribution in [3.63, 3.8) is 0 Å². The third-order valence-corrected chi connectivity index (χ3v) is 6.66. The lowest BCUT2D eigenvalue weighted by Gasteiger charge is -2.35. The Labute approximate surface area is 203 Å². The van der Waals surface area contributed by atoms with E-state index >= 15 is 0 Å². The molecule has 5 rings (SSSR count). The van der Waals surface area contributed by atoms with Crippen molar-refractivity contribution in [1.82, 2.24) is 19.7 Å². The summed E-state index contributed by atoms with van der Waals surface area (Å²) in [6, 6.07) is 5.45. The molecule has 184 valence electrons. The van der Waals surface area contributed by atoms with Crippen molar-refractivity contribution >= 4 is 24.4 Å². The van der Waals surface area contributed by atoms with E-state index in [0.717, 1.165) is 22.6 Å². The number of alkyl halides is 1. The van der Waals surface area contributed by atoms with Crippen molar-refractivity contribution in [1.29, 1.82) is 0 Å². The Hall–Kier alpha value is -3.59. The number of nitrogens with one attached hydrogen (secondary N) is 1. The summed E-state index contributed by atoms with van der Waals surface area (Å²) < 4.78 is 20.0. The van der Waals surface area contributed by atoms with Crippen LogP contribution in [0.1, 0.15) is 56.1 Å². The molecule has 0 spiro atoms. The van der Waals surface area contributed by atoms with Gasteiger partial charge in [-0.2, -0.15) is 4.98 Å². The number of hydrogen-bond donors (Lipinski definition) is 2. The molecule has 2 aromatic heterocycles.